The van der Waals surface area contributed by atoms with Crippen molar-refractivity contribution in [2.75, 3.05) is 13.3 Å². The highest BCUT2D eigenvalue weighted by atomic mass is 19.3. The van der Waals surface area contributed by atoms with Crippen LogP contribution in [0.4, 0.5) is 43.9 Å². The van der Waals surface area contributed by atoms with Crippen LogP contribution in [-0.4, -0.2) is 42.5 Å². The Morgan fingerprint density at radius 2 is 1.04 bits per heavy atom. The lowest BCUT2D eigenvalue weighted by molar-refractivity contribution is -0.381. The lowest BCUT2D eigenvalue weighted by Gasteiger charge is -2.57. The predicted octanol–water partition coefficient (Wildman–Crippen LogP) is 5.70. The van der Waals surface area contributed by atoms with Crippen LogP contribution in [0.2, 0.25) is 0 Å². The molecule has 1 fully saturated rings. The smallest absolute Gasteiger partial charge is 0.250 e. The van der Waals surface area contributed by atoms with E-state index >= 15 is 0 Å². The molecule has 0 spiro atoms. The second kappa shape index (κ2) is 5.16. The van der Waals surface area contributed by atoms with E-state index in [1.807, 2.05) is 0 Å². The van der Waals surface area contributed by atoms with Gasteiger partial charge in [0.15, 0.2) is 5.67 Å². The Bertz CT molecular complexity index is 498. The minimum Gasteiger partial charge on any atom is -0.250 e. The van der Waals surface area contributed by atoms with Crippen LogP contribution in [-0.2, 0) is 0 Å². The van der Waals surface area contributed by atoms with E-state index in [2.05, 4.69) is 0 Å². The zero-order valence-electron chi connectivity index (χ0n) is 13.4. The summed E-state index contributed by atoms with van der Waals surface area (Å²) in [6.07, 6.45) is -1.98. The van der Waals surface area contributed by atoms with Crippen molar-refractivity contribution in [1.29, 1.82) is 0 Å². The molecule has 0 heterocycles. The Morgan fingerprint density at radius 1 is 0.625 bits per heavy atom. The summed E-state index contributed by atoms with van der Waals surface area (Å²) in [5, 5.41) is 0. The van der Waals surface area contributed by atoms with Crippen molar-refractivity contribution >= 4 is 0 Å². The van der Waals surface area contributed by atoms with E-state index in [9.17, 15) is 43.9 Å². The molecule has 1 rings (SSSR count). The molecule has 0 amide bonds. The highest BCUT2D eigenvalue weighted by Gasteiger charge is 2.86. The molecule has 0 saturated heterocycles. The van der Waals surface area contributed by atoms with Crippen LogP contribution in [0.5, 0.6) is 0 Å². The van der Waals surface area contributed by atoms with Gasteiger partial charge in [0, 0.05) is 6.42 Å². The quantitative estimate of drug-likeness (QED) is 0.542. The third kappa shape index (κ3) is 2.06. The van der Waals surface area contributed by atoms with Crippen LogP contribution in [0.3, 0.4) is 0 Å². The lowest BCUT2D eigenvalue weighted by atomic mass is 9.56. The van der Waals surface area contributed by atoms with Gasteiger partial charge in [0.2, 0.25) is 5.67 Å². The van der Waals surface area contributed by atoms with Gasteiger partial charge in [0.25, 0.3) is 5.92 Å². The van der Waals surface area contributed by atoms with E-state index in [-0.39, 0.29) is 20.8 Å². The van der Waals surface area contributed by atoms with E-state index in [0.717, 1.165) is 0 Å². The second-order valence-electron chi connectivity index (χ2n) is 7.26. The zero-order chi connectivity index (χ0) is 19.6. The minimum absolute atomic E-state index is 0.0526. The molecule has 144 valence electrons. The summed E-state index contributed by atoms with van der Waals surface area (Å²) < 4.78 is 142. The summed E-state index contributed by atoms with van der Waals surface area (Å²) >= 11 is 0. The summed E-state index contributed by atoms with van der Waals surface area (Å²) in [4.78, 5) is 0. The third-order valence-corrected chi connectivity index (χ3v) is 5.26. The van der Waals surface area contributed by atoms with E-state index in [4.69, 9.17) is 0 Å². The van der Waals surface area contributed by atoms with Gasteiger partial charge in [0.1, 0.15) is 18.8 Å². The fourth-order valence-corrected chi connectivity index (χ4v) is 3.32. The van der Waals surface area contributed by atoms with Crippen LogP contribution >= 0.6 is 0 Å². The average molecular weight is 376 g/mol. The van der Waals surface area contributed by atoms with Gasteiger partial charge < -0.3 is 0 Å². The van der Waals surface area contributed by atoms with Crippen molar-refractivity contribution in [2.24, 2.45) is 10.8 Å². The molecule has 24 heavy (non-hydrogen) atoms. The summed E-state index contributed by atoms with van der Waals surface area (Å²) in [6, 6.07) is 0. The molecule has 0 nitrogen and oxygen atoms in total. The molecule has 4 atom stereocenters. The van der Waals surface area contributed by atoms with Crippen molar-refractivity contribution in [3.8, 4) is 0 Å². The Hall–Kier alpha value is -0.700. The first-order valence-electron chi connectivity index (χ1n) is 6.96. The van der Waals surface area contributed by atoms with E-state index in [1.165, 1.54) is 0 Å². The van der Waals surface area contributed by atoms with Gasteiger partial charge in [-0.1, -0.05) is 6.92 Å². The van der Waals surface area contributed by atoms with Crippen LogP contribution < -0.4 is 0 Å². The van der Waals surface area contributed by atoms with Crippen molar-refractivity contribution in [1.82, 2.24) is 0 Å². The molecule has 1 saturated carbocycles. The number of hydrogen-bond donors (Lipinski definition) is 0. The fraction of sp³-hybridized carbons (Fsp3) is 1.00. The molecule has 0 aliphatic heterocycles. The molecule has 0 aromatic carbocycles. The molecular formula is C14H18F10. The van der Waals surface area contributed by atoms with Gasteiger partial charge in [-0.25, -0.2) is 26.3 Å². The summed E-state index contributed by atoms with van der Waals surface area (Å²) in [7, 11) is 0. The van der Waals surface area contributed by atoms with Crippen LogP contribution in [0.1, 0.15) is 34.1 Å². The van der Waals surface area contributed by atoms with Gasteiger partial charge in [-0.15, -0.1) is 0 Å². The predicted molar refractivity (Wildman–Crippen MR) is 66.6 cm³/mol. The topological polar surface area (TPSA) is 0 Å². The van der Waals surface area contributed by atoms with Crippen LogP contribution in [0, 0.1) is 10.8 Å². The molecule has 0 aromatic rings. The van der Waals surface area contributed by atoms with Gasteiger partial charge in [-0.05, 0) is 20.8 Å². The Morgan fingerprint density at radius 3 is 1.38 bits per heavy atom. The molecule has 0 bridgehead atoms. The minimum atomic E-state index is -5.72. The molecule has 0 radical (unpaired) electrons. The number of alkyl halides is 10. The van der Waals surface area contributed by atoms with Crippen LogP contribution in [0.25, 0.3) is 0 Å². The van der Waals surface area contributed by atoms with E-state index in [1.54, 1.807) is 0 Å². The molecular weight excluding hydrogens is 358 g/mol. The highest BCUT2D eigenvalue weighted by Crippen LogP contribution is 2.68. The van der Waals surface area contributed by atoms with Gasteiger partial charge in [-0.3, -0.25) is 8.78 Å². The summed E-state index contributed by atoms with van der Waals surface area (Å²) in [6.45, 7) is -5.21. The maximum Gasteiger partial charge on any atom is 0.320 e. The van der Waals surface area contributed by atoms with E-state index in [0.29, 0.717) is 0 Å². The average Bonchev–Trinajstić information content (AvgIpc) is 2.43. The van der Waals surface area contributed by atoms with Crippen molar-refractivity contribution in [3.63, 3.8) is 0 Å². The van der Waals surface area contributed by atoms with Gasteiger partial charge in [-0.2, -0.15) is 8.78 Å². The van der Waals surface area contributed by atoms with Crippen molar-refractivity contribution in [2.45, 2.75) is 63.2 Å². The Balaban J connectivity index is 3.94. The highest BCUT2D eigenvalue weighted by molar-refractivity contribution is 5.22. The standard InChI is InChI=1S/C14H18F10/c1-8(6-15)5-10(3,17)14(23,24)11(4,18)13(21,22)9(2,7-16)12(8,19)20/h5-7H2,1-4H3. The molecule has 4 unspecified atom stereocenters. The van der Waals surface area contributed by atoms with Gasteiger partial charge in [0.05, 0.1) is 5.41 Å². The number of rotatable bonds is 2. The zero-order valence-corrected chi connectivity index (χ0v) is 13.4. The number of halogens is 10. The lowest BCUT2D eigenvalue weighted by Crippen LogP contribution is -2.76. The molecule has 1 aliphatic rings. The SMILES string of the molecule is CC1(F)CC(C)(CF)C(F)(F)C(C)(CF)C(F)(F)C(C)(F)C1(F)F. The normalized spacial score (nSPS) is 47.8. The molecule has 0 N–H and O–H groups in total. The van der Waals surface area contributed by atoms with Crippen molar-refractivity contribution in [3.05, 3.63) is 0 Å². The van der Waals surface area contributed by atoms with Gasteiger partial charge >= 0.3 is 11.8 Å². The third-order valence-electron chi connectivity index (χ3n) is 5.26. The second-order valence-corrected chi connectivity index (χ2v) is 7.26. The molecule has 10 heteroatoms. The summed E-state index contributed by atoms with van der Waals surface area (Å²) in [5.74, 6) is -16.2. The Kier molecular flexibility index (Phi) is 4.58. The first kappa shape index (κ1) is 21.3. The first-order valence-corrected chi connectivity index (χ1v) is 6.96. The molecule has 1 aliphatic carbocycles. The monoisotopic (exact) mass is 376 g/mol. The molecule has 0 aromatic heterocycles. The largest absolute Gasteiger partial charge is 0.320 e. The first-order chi connectivity index (χ1) is 10.3. The summed E-state index contributed by atoms with van der Waals surface area (Å²) in [5.41, 5.74) is -17.1. The maximum atomic E-state index is 14.6. The Labute approximate surface area is 132 Å². The fourth-order valence-electron chi connectivity index (χ4n) is 3.32. The van der Waals surface area contributed by atoms with E-state index < -0.39 is 66.6 Å². The maximum absolute atomic E-state index is 14.6. The van der Waals surface area contributed by atoms with Crippen molar-refractivity contribution < 1.29 is 43.9 Å². The number of hydrogen-bond acceptors (Lipinski definition) is 0. The van der Waals surface area contributed by atoms with Crippen LogP contribution in [0.15, 0.2) is 0 Å².